The molecule has 0 bridgehead atoms. The van der Waals surface area contributed by atoms with Crippen molar-refractivity contribution in [3.63, 3.8) is 0 Å². The Bertz CT molecular complexity index is 315. The second kappa shape index (κ2) is 8.09. The van der Waals surface area contributed by atoms with Crippen molar-refractivity contribution in [3.8, 4) is 5.75 Å². The van der Waals surface area contributed by atoms with Crippen LogP contribution in [0.1, 0.15) is 37.8 Å². The minimum absolute atomic E-state index is 0.0206. The molecule has 0 amide bonds. The van der Waals surface area contributed by atoms with E-state index < -0.39 is 0 Å². The van der Waals surface area contributed by atoms with Crippen LogP contribution in [0.2, 0.25) is 0 Å². The van der Waals surface area contributed by atoms with Crippen molar-refractivity contribution in [2.75, 3.05) is 20.3 Å². The molecule has 3 heteroatoms. The first-order valence-corrected chi connectivity index (χ1v) is 6.25. The van der Waals surface area contributed by atoms with Gasteiger partial charge in [-0.2, -0.15) is 0 Å². The van der Waals surface area contributed by atoms with E-state index in [4.69, 9.17) is 15.2 Å². The smallest absolute Gasteiger partial charge is 0.123 e. The van der Waals surface area contributed by atoms with Crippen molar-refractivity contribution in [3.05, 3.63) is 29.8 Å². The van der Waals surface area contributed by atoms with Crippen LogP contribution in [0.5, 0.6) is 5.75 Å². The van der Waals surface area contributed by atoms with Crippen LogP contribution in [0.4, 0.5) is 0 Å². The number of ether oxygens (including phenoxy) is 2. The molecule has 1 aromatic carbocycles. The zero-order valence-corrected chi connectivity index (χ0v) is 10.8. The van der Waals surface area contributed by atoms with Gasteiger partial charge in [-0.05, 0) is 18.9 Å². The summed E-state index contributed by atoms with van der Waals surface area (Å²) in [4.78, 5) is 0. The fourth-order valence-corrected chi connectivity index (χ4v) is 1.69. The van der Waals surface area contributed by atoms with E-state index in [9.17, 15) is 0 Å². The quantitative estimate of drug-likeness (QED) is 0.707. The first kappa shape index (κ1) is 14.0. The Morgan fingerprint density at radius 1 is 1.24 bits per heavy atom. The largest absolute Gasteiger partial charge is 0.496 e. The van der Waals surface area contributed by atoms with Gasteiger partial charge in [0.05, 0.1) is 7.11 Å². The predicted octanol–water partition coefficient (Wildman–Crippen LogP) is 2.90. The summed E-state index contributed by atoms with van der Waals surface area (Å²) in [6.07, 6.45) is 3.10. The first-order chi connectivity index (χ1) is 8.29. The van der Waals surface area contributed by atoms with Crippen molar-refractivity contribution in [2.24, 2.45) is 5.73 Å². The average molecular weight is 237 g/mol. The second-order valence-electron chi connectivity index (χ2n) is 4.10. The Morgan fingerprint density at radius 2 is 2.00 bits per heavy atom. The average Bonchev–Trinajstić information content (AvgIpc) is 2.38. The molecular formula is C14H23NO2. The SMILES string of the molecule is CCCCOCCC(N)c1ccccc1OC. The standard InChI is InChI=1S/C14H23NO2/c1-3-4-10-17-11-9-13(15)12-7-5-6-8-14(12)16-2/h5-8,13H,3-4,9-11,15H2,1-2H3. The van der Waals surface area contributed by atoms with Gasteiger partial charge in [-0.1, -0.05) is 31.5 Å². The van der Waals surface area contributed by atoms with Crippen molar-refractivity contribution < 1.29 is 9.47 Å². The summed E-state index contributed by atoms with van der Waals surface area (Å²) >= 11 is 0. The Labute approximate surface area is 104 Å². The van der Waals surface area contributed by atoms with Crippen LogP contribution in [-0.2, 0) is 4.74 Å². The van der Waals surface area contributed by atoms with E-state index in [1.165, 1.54) is 6.42 Å². The van der Waals surface area contributed by atoms with Gasteiger partial charge in [0.25, 0.3) is 0 Å². The minimum Gasteiger partial charge on any atom is -0.496 e. The third-order valence-corrected chi connectivity index (χ3v) is 2.75. The van der Waals surface area contributed by atoms with Gasteiger partial charge >= 0.3 is 0 Å². The van der Waals surface area contributed by atoms with E-state index in [-0.39, 0.29) is 6.04 Å². The lowest BCUT2D eigenvalue weighted by Crippen LogP contribution is -2.14. The van der Waals surface area contributed by atoms with Crippen LogP contribution >= 0.6 is 0 Å². The molecule has 2 N–H and O–H groups in total. The summed E-state index contributed by atoms with van der Waals surface area (Å²) in [5, 5.41) is 0. The molecule has 0 radical (unpaired) electrons. The third kappa shape index (κ3) is 4.75. The Kier molecular flexibility index (Phi) is 6.67. The molecule has 0 heterocycles. The number of hydrogen-bond acceptors (Lipinski definition) is 3. The van der Waals surface area contributed by atoms with Crippen molar-refractivity contribution >= 4 is 0 Å². The van der Waals surface area contributed by atoms with Gasteiger partial charge in [0.15, 0.2) is 0 Å². The molecule has 0 aliphatic carbocycles. The summed E-state index contributed by atoms with van der Waals surface area (Å²) < 4.78 is 10.8. The maximum Gasteiger partial charge on any atom is 0.123 e. The van der Waals surface area contributed by atoms with Gasteiger partial charge in [0.1, 0.15) is 5.75 Å². The number of nitrogens with two attached hydrogens (primary N) is 1. The molecule has 0 aliphatic heterocycles. The zero-order chi connectivity index (χ0) is 12.5. The maximum absolute atomic E-state index is 6.13. The molecule has 0 aliphatic rings. The van der Waals surface area contributed by atoms with Crippen LogP contribution in [-0.4, -0.2) is 20.3 Å². The van der Waals surface area contributed by atoms with Gasteiger partial charge in [0.2, 0.25) is 0 Å². The molecule has 1 rings (SSSR count). The number of para-hydroxylation sites is 1. The van der Waals surface area contributed by atoms with E-state index in [0.29, 0.717) is 6.61 Å². The molecule has 0 saturated carbocycles. The van der Waals surface area contributed by atoms with Crippen LogP contribution < -0.4 is 10.5 Å². The molecule has 3 nitrogen and oxygen atoms in total. The molecule has 96 valence electrons. The maximum atomic E-state index is 6.13. The normalized spacial score (nSPS) is 12.4. The summed E-state index contributed by atoms with van der Waals surface area (Å²) in [6, 6.07) is 7.86. The van der Waals surface area contributed by atoms with Gasteiger partial charge in [0, 0.05) is 24.8 Å². The van der Waals surface area contributed by atoms with E-state index in [0.717, 1.165) is 30.8 Å². The highest BCUT2D eigenvalue weighted by atomic mass is 16.5. The molecular weight excluding hydrogens is 214 g/mol. The van der Waals surface area contributed by atoms with Crippen LogP contribution in [0.3, 0.4) is 0 Å². The zero-order valence-electron chi connectivity index (χ0n) is 10.8. The van der Waals surface area contributed by atoms with E-state index in [1.807, 2.05) is 24.3 Å². The lowest BCUT2D eigenvalue weighted by atomic mass is 10.0. The first-order valence-electron chi connectivity index (χ1n) is 6.25. The van der Waals surface area contributed by atoms with Crippen molar-refractivity contribution in [1.82, 2.24) is 0 Å². The summed E-state index contributed by atoms with van der Waals surface area (Å²) in [5.41, 5.74) is 7.18. The van der Waals surface area contributed by atoms with Crippen molar-refractivity contribution in [1.29, 1.82) is 0 Å². The molecule has 0 saturated heterocycles. The minimum atomic E-state index is -0.0206. The summed E-state index contributed by atoms with van der Waals surface area (Å²) in [5.74, 6) is 0.855. The van der Waals surface area contributed by atoms with Gasteiger partial charge in [-0.3, -0.25) is 0 Å². The van der Waals surface area contributed by atoms with E-state index in [1.54, 1.807) is 7.11 Å². The number of benzene rings is 1. The molecule has 1 atom stereocenters. The van der Waals surface area contributed by atoms with E-state index >= 15 is 0 Å². The third-order valence-electron chi connectivity index (χ3n) is 2.75. The monoisotopic (exact) mass is 237 g/mol. The molecule has 1 unspecified atom stereocenters. The van der Waals surface area contributed by atoms with E-state index in [2.05, 4.69) is 6.92 Å². The lowest BCUT2D eigenvalue weighted by molar-refractivity contribution is 0.124. The Balaban J connectivity index is 2.38. The number of unbranched alkanes of at least 4 members (excludes halogenated alkanes) is 1. The summed E-state index contributed by atoms with van der Waals surface area (Å²) in [6.45, 7) is 3.69. The van der Waals surface area contributed by atoms with Crippen LogP contribution in [0.25, 0.3) is 0 Å². The highest BCUT2D eigenvalue weighted by Crippen LogP contribution is 2.24. The van der Waals surface area contributed by atoms with Gasteiger partial charge in [-0.25, -0.2) is 0 Å². The number of methoxy groups -OCH3 is 1. The highest BCUT2D eigenvalue weighted by molar-refractivity contribution is 5.35. The number of rotatable bonds is 8. The van der Waals surface area contributed by atoms with Crippen molar-refractivity contribution in [2.45, 2.75) is 32.2 Å². The summed E-state index contributed by atoms with van der Waals surface area (Å²) in [7, 11) is 1.67. The molecule has 0 aromatic heterocycles. The fraction of sp³-hybridized carbons (Fsp3) is 0.571. The molecule has 17 heavy (non-hydrogen) atoms. The number of hydrogen-bond donors (Lipinski definition) is 1. The Morgan fingerprint density at radius 3 is 2.71 bits per heavy atom. The molecule has 0 spiro atoms. The van der Waals surface area contributed by atoms with Crippen LogP contribution in [0, 0.1) is 0 Å². The molecule has 1 aromatic rings. The predicted molar refractivity (Wildman–Crippen MR) is 70.3 cm³/mol. The van der Waals surface area contributed by atoms with Crippen LogP contribution in [0.15, 0.2) is 24.3 Å². The Hall–Kier alpha value is -1.06. The second-order valence-corrected chi connectivity index (χ2v) is 4.10. The highest BCUT2D eigenvalue weighted by Gasteiger charge is 2.10. The fourth-order valence-electron chi connectivity index (χ4n) is 1.69. The van der Waals surface area contributed by atoms with Gasteiger partial charge in [-0.15, -0.1) is 0 Å². The molecule has 0 fully saturated rings. The lowest BCUT2D eigenvalue weighted by Gasteiger charge is -2.15. The van der Waals surface area contributed by atoms with Gasteiger partial charge < -0.3 is 15.2 Å². The topological polar surface area (TPSA) is 44.5 Å².